The molecular weight excluding hydrogens is 841 g/mol. The Kier molecular flexibility index (Phi) is 15.5. The van der Waals surface area contributed by atoms with Gasteiger partial charge in [-0.15, -0.1) is 0 Å². The van der Waals surface area contributed by atoms with Crippen molar-refractivity contribution in [2.24, 2.45) is 29.3 Å². The Morgan fingerprint density at radius 3 is 2.53 bits per heavy atom. The topological polar surface area (TPSA) is 186 Å². The maximum atomic E-state index is 14.6. The van der Waals surface area contributed by atoms with Gasteiger partial charge in [0.2, 0.25) is 17.7 Å². The summed E-state index contributed by atoms with van der Waals surface area (Å²) in [7, 11) is 5.03. The summed E-state index contributed by atoms with van der Waals surface area (Å²) in [6.45, 7) is 23.2. The van der Waals surface area contributed by atoms with Crippen LogP contribution >= 0.6 is 0 Å². The zero-order chi connectivity index (χ0) is 48.2. The van der Waals surface area contributed by atoms with Gasteiger partial charge in [-0.1, -0.05) is 46.9 Å². The van der Waals surface area contributed by atoms with E-state index in [9.17, 15) is 24.0 Å². The molecule has 0 spiro atoms. The number of methoxy groups -OCH3 is 1. The molecule has 3 aromatic rings. The predicted octanol–water partition coefficient (Wildman–Crippen LogP) is 4.65. The van der Waals surface area contributed by atoms with Crippen LogP contribution in [0.2, 0.25) is 0 Å². The zero-order valence-corrected chi connectivity index (χ0v) is 40.3. The van der Waals surface area contributed by atoms with Crippen LogP contribution < -0.4 is 10.7 Å². The predicted molar refractivity (Wildman–Crippen MR) is 254 cm³/mol. The van der Waals surface area contributed by atoms with E-state index in [1.807, 2.05) is 39.8 Å². The maximum Gasteiger partial charge on any atom is 0.324 e. The van der Waals surface area contributed by atoms with E-state index in [0.717, 1.165) is 39.0 Å². The number of ether oxygens (including phenoxy) is 2. The number of carbonyl (C=O) groups is 5. The van der Waals surface area contributed by atoms with E-state index in [-0.39, 0.29) is 50.0 Å². The van der Waals surface area contributed by atoms with Gasteiger partial charge in [0.25, 0.3) is 5.91 Å². The first-order valence-electron chi connectivity index (χ1n) is 23.0. The largest absolute Gasteiger partial charge is 0.464 e. The minimum Gasteiger partial charge on any atom is -0.464 e. The molecule has 0 saturated carbocycles. The van der Waals surface area contributed by atoms with Gasteiger partial charge in [-0.05, 0) is 82.2 Å². The first-order chi connectivity index (χ1) is 31.4. The van der Waals surface area contributed by atoms with E-state index in [2.05, 4.69) is 61.4 Å². The Hall–Kier alpha value is -5.94. The van der Waals surface area contributed by atoms with Crippen LogP contribution in [-0.4, -0.2) is 135 Å². The number of esters is 1. The van der Waals surface area contributed by atoms with Crippen LogP contribution in [0.3, 0.4) is 0 Å². The van der Waals surface area contributed by atoms with Crippen molar-refractivity contribution in [2.45, 2.75) is 111 Å². The third-order valence-corrected chi connectivity index (χ3v) is 13.0. The molecule has 0 aliphatic carbocycles. The van der Waals surface area contributed by atoms with Crippen molar-refractivity contribution in [3.05, 3.63) is 66.3 Å². The first kappa shape index (κ1) is 49.5. The molecule has 4 amide bonds. The molecule has 3 aliphatic rings. The van der Waals surface area contributed by atoms with Gasteiger partial charge in [-0.25, -0.2) is 15.1 Å². The van der Waals surface area contributed by atoms with Crippen molar-refractivity contribution in [1.29, 1.82) is 0 Å². The Bertz CT molecular complexity index is 2430. The molecular formula is C49H68N10O7. The third-order valence-electron chi connectivity index (χ3n) is 13.0. The second kappa shape index (κ2) is 20.7. The zero-order valence-electron chi connectivity index (χ0n) is 40.3. The molecule has 66 heavy (non-hydrogen) atoms. The third kappa shape index (κ3) is 10.2. The molecule has 3 aliphatic heterocycles. The number of hydrogen-bond donors (Lipinski definition) is 2. The number of likely N-dealkylation sites (tertiary alicyclic amines) is 1. The normalized spacial score (nSPS) is 21.6. The molecule has 356 valence electrons. The van der Waals surface area contributed by atoms with Gasteiger partial charge in [0.1, 0.15) is 18.1 Å². The van der Waals surface area contributed by atoms with Crippen LogP contribution in [0.1, 0.15) is 84.8 Å². The standard InChI is InChI=1S/C49H68N10O7/c1-13-33(41(50-15-3)30(7)65-12)43-35-26-49(8,9)28-66-48(64)36-18-17-22-59(53-36)47(63)37(25-39-52-44(56(11)54-39)31-19-20-38(34(35)24-31)58(43)16-4)51-45(61)42(29(5)6)55(10)46(62)32-21-23-57(27-32)40(60)14-2/h13-15,19-20,24,29-30,32,36-37,42,53H,1-2,16-18,21-23,25-28H2,3-12H3,(H,51,61)/b41-33+,50-15?/t30-,32-,36-,37-,42-/m0/s1. The van der Waals surface area contributed by atoms with Gasteiger partial charge >= 0.3 is 5.97 Å². The summed E-state index contributed by atoms with van der Waals surface area (Å²) in [6.07, 6.45) is 6.31. The number of nitrogens with zero attached hydrogens (tertiary/aromatic N) is 8. The van der Waals surface area contributed by atoms with Crippen LogP contribution in [0.5, 0.6) is 0 Å². The van der Waals surface area contributed by atoms with E-state index in [4.69, 9.17) is 24.5 Å². The van der Waals surface area contributed by atoms with Gasteiger partial charge < -0.3 is 29.2 Å². The van der Waals surface area contributed by atoms with Crippen LogP contribution in [-0.2, 0) is 59.9 Å². The number of nitrogens with one attached hydrogen (secondary N) is 2. The van der Waals surface area contributed by atoms with E-state index in [1.54, 1.807) is 37.0 Å². The highest BCUT2D eigenvalue weighted by Gasteiger charge is 2.40. The molecule has 6 rings (SSSR count). The summed E-state index contributed by atoms with van der Waals surface area (Å²) in [5.41, 5.74) is 7.84. The number of aliphatic imine (C=N–C) groups is 1. The molecule has 5 heterocycles. The molecule has 5 atom stereocenters. The minimum atomic E-state index is -1.18. The van der Waals surface area contributed by atoms with Crippen molar-refractivity contribution in [3.8, 4) is 11.4 Å². The molecule has 2 aromatic heterocycles. The van der Waals surface area contributed by atoms with Gasteiger partial charge in [0.15, 0.2) is 11.6 Å². The lowest BCUT2D eigenvalue weighted by Crippen LogP contribution is -2.62. The fourth-order valence-electron chi connectivity index (χ4n) is 9.60. The lowest BCUT2D eigenvalue weighted by Gasteiger charge is -2.36. The highest BCUT2D eigenvalue weighted by Crippen LogP contribution is 2.40. The van der Waals surface area contributed by atoms with E-state index < -0.39 is 47.2 Å². The minimum absolute atomic E-state index is 0.0840. The quantitative estimate of drug-likeness (QED) is 0.112. The highest BCUT2D eigenvalue weighted by molar-refractivity contribution is 5.96. The first-order valence-corrected chi connectivity index (χ1v) is 23.0. The molecule has 2 saturated heterocycles. The number of likely N-dealkylation sites (N-methyl/N-ethyl adjacent to an activating group) is 1. The number of rotatable bonds is 12. The number of hydrogen-bond acceptors (Lipinski definition) is 11. The summed E-state index contributed by atoms with van der Waals surface area (Å²) in [5.74, 6) is -1.98. The number of carbonyl (C=O) groups excluding carboxylic acids is 5. The molecule has 17 nitrogen and oxygen atoms in total. The van der Waals surface area contributed by atoms with Crippen LogP contribution in [0, 0.1) is 17.3 Å². The van der Waals surface area contributed by atoms with Gasteiger partial charge in [-0.3, -0.25) is 34.0 Å². The second-order valence-electron chi connectivity index (χ2n) is 18.7. The Balaban J connectivity index is 1.45. The lowest BCUT2D eigenvalue weighted by molar-refractivity contribution is -0.155. The lowest BCUT2D eigenvalue weighted by atomic mass is 9.84. The Morgan fingerprint density at radius 1 is 1.14 bits per heavy atom. The molecule has 0 unspecified atom stereocenters. The number of amides is 4. The van der Waals surface area contributed by atoms with E-state index in [1.165, 1.54) is 16.0 Å². The van der Waals surface area contributed by atoms with Crippen molar-refractivity contribution in [3.63, 3.8) is 0 Å². The van der Waals surface area contributed by atoms with Crippen LogP contribution in [0.4, 0.5) is 0 Å². The number of hydrazine groups is 1. The van der Waals surface area contributed by atoms with E-state index >= 15 is 0 Å². The molecule has 6 bridgehead atoms. The molecule has 2 fully saturated rings. The number of aromatic nitrogens is 4. The van der Waals surface area contributed by atoms with Crippen LogP contribution in [0.15, 0.2) is 54.2 Å². The van der Waals surface area contributed by atoms with E-state index in [0.29, 0.717) is 50.4 Å². The molecule has 17 heteroatoms. The van der Waals surface area contributed by atoms with Crippen molar-refractivity contribution < 1.29 is 33.4 Å². The fourth-order valence-corrected chi connectivity index (χ4v) is 9.60. The molecule has 1 aromatic carbocycles. The van der Waals surface area contributed by atoms with Gasteiger partial charge in [0, 0.05) is 87.5 Å². The summed E-state index contributed by atoms with van der Waals surface area (Å²) in [5, 5.41) is 10.1. The summed E-state index contributed by atoms with van der Waals surface area (Å²) in [6, 6.07) is 3.22. The number of fused-ring (bicyclic) bond motifs is 6. The van der Waals surface area contributed by atoms with Gasteiger partial charge in [0.05, 0.1) is 30.0 Å². The monoisotopic (exact) mass is 909 g/mol. The number of aryl methyl sites for hydroxylation is 2. The maximum absolute atomic E-state index is 14.6. The number of cyclic esters (lactones) is 1. The smallest absolute Gasteiger partial charge is 0.324 e. The number of benzene rings is 1. The Labute approximate surface area is 388 Å². The second-order valence-corrected chi connectivity index (χ2v) is 18.7. The highest BCUT2D eigenvalue weighted by atomic mass is 16.5. The molecule has 2 N–H and O–H groups in total. The van der Waals surface area contributed by atoms with Gasteiger partial charge in [-0.2, -0.15) is 5.10 Å². The summed E-state index contributed by atoms with van der Waals surface area (Å²) >= 11 is 0. The molecule has 0 radical (unpaired) electrons. The Morgan fingerprint density at radius 2 is 1.88 bits per heavy atom. The number of allylic oxidation sites excluding steroid dienone is 2. The van der Waals surface area contributed by atoms with Crippen molar-refractivity contribution >= 4 is 52.3 Å². The average Bonchev–Trinajstić information content (AvgIpc) is 4.02. The fraction of sp³-hybridized carbons (Fsp3) is 0.551. The van der Waals surface area contributed by atoms with Crippen molar-refractivity contribution in [2.75, 3.05) is 40.4 Å². The van der Waals surface area contributed by atoms with Crippen molar-refractivity contribution in [1.82, 2.24) is 44.9 Å². The average molecular weight is 909 g/mol. The summed E-state index contributed by atoms with van der Waals surface area (Å²) in [4.78, 5) is 82.0. The summed E-state index contributed by atoms with van der Waals surface area (Å²) < 4.78 is 15.8. The SMILES string of the molecule is C=CC(=O)N1CC[C@H](C(=O)N(C)[C@H](C(=O)N[C@H]2Cc3nc(n(C)n3)-c3ccc4c(c3)c(c(/C(C=C)=C(/N=CC)[C@H](C)OC)n4CC)CC(C)(C)COC(=O)[C@@H]3CCCN(N3)C2=O)C(C)C)C1. The van der Waals surface area contributed by atoms with Crippen LogP contribution in [0.25, 0.3) is 27.9 Å².